The van der Waals surface area contributed by atoms with Gasteiger partial charge in [-0.3, -0.25) is 29.5 Å². The highest BCUT2D eigenvalue weighted by Gasteiger charge is 2.29. The average Bonchev–Trinajstić information content (AvgIpc) is 3.28. The number of aromatic nitrogens is 8. The van der Waals surface area contributed by atoms with Crippen LogP contribution in [0.1, 0.15) is 37.1 Å². The molecule has 0 aliphatic carbocycles. The maximum absolute atomic E-state index is 14.5. The third-order valence-corrected chi connectivity index (χ3v) is 11.5. The number of aliphatic carboxylic acids is 1. The molecule has 6 N–H and O–H groups in total. The monoisotopic (exact) mass is 843 g/mol. The minimum atomic E-state index is -0.791. The first-order valence-electron chi connectivity index (χ1n) is 21.0. The van der Waals surface area contributed by atoms with Crippen molar-refractivity contribution >= 4 is 56.7 Å². The van der Waals surface area contributed by atoms with E-state index >= 15 is 0 Å². The lowest BCUT2D eigenvalue weighted by Crippen LogP contribution is -2.50. The van der Waals surface area contributed by atoms with Gasteiger partial charge in [-0.2, -0.15) is 25.1 Å². The number of carbonyl (C=O) groups is 1. The second kappa shape index (κ2) is 18.2. The molecule has 3 fully saturated rings. The third kappa shape index (κ3) is 9.03. The molecule has 0 amide bonds. The Morgan fingerprint density at radius 2 is 1.44 bits per heavy atom. The summed E-state index contributed by atoms with van der Waals surface area (Å²) in [6.07, 6.45) is 3.61. The number of rotatable bonds is 13. The molecule has 0 spiro atoms. The molecule has 0 bridgehead atoms. The molecule has 4 aromatic heterocycles. The number of anilines is 5. The van der Waals surface area contributed by atoms with E-state index in [0.717, 1.165) is 56.2 Å². The zero-order valence-electron chi connectivity index (χ0n) is 34.4. The average molecular weight is 844 g/mol. The molecule has 0 radical (unpaired) electrons. The van der Waals surface area contributed by atoms with E-state index in [-0.39, 0.29) is 17.0 Å². The van der Waals surface area contributed by atoms with Crippen LogP contribution in [0.3, 0.4) is 0 Å². The first kappa shape index (κ1) is 40.8. The van der Waals surface area contributed by atoms with Gasteiger partial charge in [-0.05, 0) is 55.2 Å². The first-order chi connectivity index (χ1) is 30.3. The zero-order valence-corrected chi connectivity index (χ0v) is 34.4. The van der Waals surface area contributed by atoms with Crippen LogP contribution in [-0.4, -0.2) is 126 Å². The molecule has 9 rings (SSSR count). The van der Waals surface area contributed by atoms with Crippen LogP contribution < -0.4 is 42.0 Å². The van der Waals surface area contributed by atoms with Gasteiger partial charge in [-0.25, -0.2) is 14.8 Å². The Morgan fingerprint density at radius 3 is 2.11 bits per heavy atom. The predicted octanol–water partition coefficient (Wildman–Crippen LogP) is 2.41. The number of carboxylic acid groups (broad SMARTS) is 1. The maximum atomic E-state index is 14.5. The molecule has 7 heterocycles. The van der Waals surface area contributed by atoms with Crippen molar-refractivity contribution < 1.29 is 14.6 Å². The number of nitrogens with zero attached hydrogens (tertiary/aromatic N) is 10. The van der Waals surface area contributed by atoms with Crippen LogP contribution in [0.2, 0.25) is 0 Å². The van der Waals surface area contributed by atoms with Gasteiger partial charge in [-0.1, -0.05) is 24.3 Å². The Hall–Kier alpha value is -6.61. The van der Waals surface area contributed by atoms with E-state index in [1.54, 1.807) is 6.20 Å². The van der Waals surface area contributed by atoms with E-state index in [1.807, 2.05) is 48.2 Å². The molecule has 2 aromatic carbocycles. The molecular formula is C42H49N15O5. The second-order valence-electron chi connectivity index (χ2n) is 15.7. The van der Waals surface area contributed by atoms with Gasteiger partial charge in [-0.15, -0.1) is 0 Å². The molecule has 20 nitrogen and oxygen atoms in total. The summed E-state index contributed by atoms with van der Waals surface area (Å²) in [5, 5.41) is 34.7. The summed E-state index contributed by atoms with van der Waals surface area (Å²) in [4.78, 5) is 64.0. The summed E-state index contributed by atoms with van der Waals surface area (Å²) >= 11 is 0. The van der Waals surface area contributed by atoms with Gasteiger partial charge in [0.15, 0.2) is 5.82 Å². The number of ether oxygens (including phenoxy) is 1. The minimum absolute atomic E-state index is 0.144. The van der Waals surface area contributed by atoms with E-state index in [1.165, 1.54) is 16.4 Å². The van der Waals surface area contributed by atoms with Crippen LogP contribution in [0.25, 0.3) is 21.8 Å². The van der Waals surface area contributed by atoms with Crippen molar-refractivity contribution in [3.05, 3.63) is 92.8 Å². The topological polar surface area (TPSA) is 237 Å². The Kier molecular flexibility index (Phi) is 11.9. The second-order valence-corrected chi connectivity index (χ2v) is 15.7. The highest BCUT2D eigenvalue weighted by Crippen LogP contribution is 2.28. The summed E-state index contributed by atoms with van der Waals surface area (Å²) in [5.41, 5.74) is 3.78. The molecule has 3 aliphatic rings. The van der Waals surface area contributed by atoms with Crippen molar-refractivity contribution in [3.63, 3.8) is 0 Å². The van der Waals surface area contributed by atoms with Gasteiger partial charge < -0.3 is 30.7 Å². The van der Waals surface area contributed by atoms with Crippen LogP contribution in [0.5, 0.6) is 6.01 Å². The number of hydrogen-bond donors (Lipinski definition) is 6. The maximum Gasteiger partial charge on any atom is 0.319 e. The fourth-order valence-electron chi connectivity index (χ4n) is 8.24. The summed E-state index contributed by atoms with van der Waals surface area (Å²) in [6.45, 7) is 10.5. The molecule has 3 saturated heterocycles. The number of benzene rings is 2. The molecule has 0 saturated carbocycles. The van der Waals surface area contributed by atoms with Gasteiger partial charge in [0.25, 0.3) is 11.1 Å². The standard InChI is InChI=1S/C42H49N15O5/c1-2-62-42-50-31-21-45-53-38(58)34(31)36(52-42)47-29-9-5-27(6-10-29)24-55-20-15-44-33(25-55)57-39(59)35-32(22-46-57)49-41(56-16-11-28(12-17-56)40(60)61)51-37(35)48-30-7-3-26(4-8-30)23-54-18-13-43-14-19-54/h3-10,21-22,28,33,43-44H,2,11-20,23-25H2,1H3,(H,53,58)(H,60,61)(H,47,50,52)(H,48,49,51). The Balaban J connectivity index is 0.937. The predicted molar refractivity (Wildman–Crippen MR) is 233 cm³/mol. The molecule has 3 aliphatic heterocycles. The van der Waals surface area contributed by atoms with Crippen LogP contribution in [0.15, 0.2) is 70.5 Å². The highest BCUT2D eigenvalue weighted by atomic mass is 16.5. The largest absolute Gasteiger partial charge is 0.481 e. The number of H-pyrrole nitrogens is 1. The lowest BCUT2D eigenvalue weighted by Gasteiger charge is -2.34. The van der Waals surface area contributed by atoms with Crippen molar-refractivity contribution in [1.82, 2.24) is 60.3 Å². The number of piperazine rings is 2. The van der Waals surface area contributed by atoms with Gasteiger partial charge in [0.1, 0.15) is 33.8 Å². The summed E-state index contributed by atoms with van der Waals surface area (Å²) in [5.74, 6) is -0.0942. The minimum Gasteiger partial charge on any atom is -0.481 e. The van der Waals surface area contributed by atoms with Gasteiger partial charge in [0.2, 0.25) is 5.95 Å². The van der Waals surface area contributed by atoms with Crippen molar-refractivity contribution in [1.29, 1.82) is 0 Å². The fourth-order valence-corrected chi connectivity index (χ4v) is 8.24. The van der Waals surface area contributed by atoms with E-state index < -0.39 is 23.6 Å². The molecule has 62 heavy (non-hydrogen) atoms. The quantitative estimate of drug-likeness (QED) is 0.0979. The number of nitrogens with one attached hydrogen (secondary N) is 5. The lowest BCUT2D eigenvalue weighted by molar-refractivity contribution is -0.142. The molecule has 322 valence electrons. The van der Waals surface area contributed by atoms with E-state index in [0.29, 0.717) is 86.2 Å². The van der Waals surface area contributed by atoms with Gasteiger partial charge in [0, 0.05) is 83.4 Å². The summed E-state index contributed by atoms with van der Waals surface area (Å²) in [7, 11) is 0. The van der Waals surface area contributed by atoms with Crippen LogP contribution in [0, 0.1) is 5.92 Å². The summed E-state index contributed by atoms with van der Waals surface area (Å²) in [6, 6.07) is 16.2. The molecule has 20 heteroatoms. The number of aromatic amines is 1. The Morgan fingerprint density at radius 1 is 0.790 bits per heavy atom. The molecular weight excluding hydrogens is 795 g/mol. The molecule has 1 atom stereocenters. The van der Waals surface area contributed by atoms with Gasteiger partial charge >= 0.3 is 12.0 Å². The van der Waals surface area contributed by atoms with Crippen LogP contribution in [0.4, 0.5) is 29.0 Å². The van der Waals surface area contributed by atoms with Crippen molar-refractivity contribution in [2.45, 2.75) is 39.0 Å². The smallest absolute Gasteiger partial charge is 0.319 e. The van der Waals surface area contributed by atoms with Crippen molar-refractivity contribution in [3.8, 4) is 6.01 Å². The molecule has 6 aromatic rings. The Bertz CT molecular complexity index is 2660. The first-order valence-corrected chi connectivity index (χ1v) is 21.0. The van der Waals surface area contributed by atoms with Gasteiger partial charge in [0.05, 0.1) is 24.9 Å². The number of fused-ring (bicyclic) bond motifs is 2. The third-order valence-electron chi connectivity index (χ3n) is 11.5. The van der Waals surface area contributed by atoms with Crippen molar-refractivity contribution in [2.75, 3.05) is 81.0 Å². The number of carboxylic acids is 1. The van der Waals surface area contributed by atoms with Crippen molar-refractivity contribution in [2.24, 2.45) is 5.92 Å². The van der Waals surface area contributed by atoms with Crippen LogP contribution in [-0.2, 0) is 17.9 Å². The lowest BCUT2D eigenvalue weighted by atomic mass is 9.97. The van der Waals surface area contributed by atoms with Crippen LogP contribution >= 0.6 is 0 Å². The molecule has 1 unspecified atom stereocenters. The fraction of sp³-hybridized carbons (Fsp3) is 0.405. The zero-order chi connectivity index (χ0) is 42.6. The van der Waals surface area contributed by atoms with E-state index in [9.17, 15) is 19.5 Å². The SMILES string of the molecule is CCOc1nc(Nc2ccc(CN3CCNC(n4ncc5nc(N6CCC(C(=O)O)CC6)nc(Nc6ccc(CN7CCNCC7)cc6)c5c4=O)C3)cc2)c2c(=O)[nH]ncc2n1. The summed E-state index contributed by atoms with van der Waals surface area (Å²) < 4.78 is 7.00. The van der Waals surface area contributed by atoms with E-state index in [4.69, 9.17) is 14.7 Å². The number of hydrogen-bond acceptors (Lipinski definition) is 17. The van der Waals surface area contributed by atoms with E-state index in [2.05, 4.69) is 68.5 Å². The normalized spacial score (nSPS) is 18.0. The number of piperidine rings is 1. The highest BCUT2D eigenvalue weighted by molar-refractivity contribution is 5.91. The Labute approximate surface area is 355 Å².